The molecule has 1 nitrogen and oxygen atoms in total. The summed E-state index contributed by atoms with van der Waals surface area (Å²) in [5.74, 6) is 0. The maximum atomic E-state index is 10.6. The van der Waals surface area contributed by atoms with Gasteiger partial charge in [0.25, 0.3) is 0 Å². The minimum Gasteiger partial charge on any atom is -0.298 e. The molecule has 0 heterocycles. The molecule has 0 aliphatic rings. The van der Waals surface area contributed by atoms with Gasteiger partial charge in [-0.25, -0.2) is 4.39 Å². The highest BCUT2D eigenvalue weighted by atomic mass is 19.1. The van der Waals surface area contributed by atoms with Gasteiger partial charge in [-0.3, -0.25) is 4.79 Å². The van der Waals surface area contributed by atoms with E-state index in [9.17, 15) is 4.39 Å². The molecule has 0 bridgehead atoms. The van der Waals surface area contributed by atoms with Crippen LogP contribution in [0.3, 0.4) is 0 Å². The van der Waals surface area contributed by atoms with Gasteiger partial charge in [0.2, 0.25) is 0 Å². The molecular weight excluding hydrogens is 71.0 g/mol. The van der Waals surface area contributed by atoms with Crippen LogP contribution in [0.15, 0.2) is 12.4 Å². The lowest BCUT2D eigenvalue weighted by atomic mass is 10.7. The Hall–Kier alpha value is -0.660. The van der Waals surface area contributed by atoms with E-state index in [4.69, 9.17) is 4.79 Å². The molecule has 0 spiro atoms. The Morgan fingerprint density at radius 2 is 2.20 bits per heavy atom. The van der Waals surface area contributed by atoms with E-state index < -0.39 is 0 Å². The van der Waals surface area contributed by atoms with Crippen LogP contribution in [0.4, 0.5) is 4.39 Å². The zero-order valence-electron chi connectivity index (χ0n) is 2.52. The van der Waals surface area contributed by atoms with Gasteiger partial charge >= 0.3 is 0 Å². The average Bonchev–Trinajstić information content (AvgIpc) is 1.41. The number of aldehydes is 1. The van der Waals surface area contributed by atoms with Crippen LogP contribution in [-0.2, 0) is 4.79 Å². The molecule has 0 fully saturated rings. The maximum Gasteiger partial charge on any atom is 0.145 e. The molecule has 2 heteroatoms. The fourth-order valence-electron chi connectivity index (χ4n) is 0.0297. The van der Waals surface area contributed by atoms with Crippen LogP contribution in [0, 0.1) is 0 Å². The van der Waals surface area contributed by atoms with Crippen molar-refractivity contribution in [3.8, 4) is 0 Å². The number of hydrogen-bond acceptors (Lipinski definition) is 1. The van der Waals surface area contributed by atoms with Crippen molar-refractivity contribution in [2.75, 3.05) is 0 Å². The van der Waals surface area contributed by atoms with Crippen molar-refractivity contribution in [1.82, 2.24) is 0 Å². The van der Waals surface area contributed by atoms with Crippen molar-refractivity contribution in [2.45, 2.75) is 0 Å². The zero-order chi connectivity index (χ0) is 4.12. The van der Waals surface area contributed by atoms with Gasteiger partial charge in [0.05, 0.1) is 6.33 Å². The largest absolute Gasteiger partial charge is 0.298 e. The minimum atomic E-state index is 0.188. The van der Waals surface area contributed by atoms with E-state index in [-0.39, 0.29) is 6.33 Å². The quantitative estimate of drug-likeness (QED) is 0.330. The average molecular weight is 74.1 g/mol. The summed E-state index contributed by atoms with van der Waals surface area (Å²) in [7, 11) is 0. The Bertz CT molecular complexity index is 48.9. The van der Waals surface area contributed by atoms with Crippen molar-refractivity contribution in [1.29, 1.82) is 0 Å². The van der Waals surface area contributed by atoms with Crippen molar-refractivity contribution >= 4 is 6.29 Å². The summed E-state index contributed by atoms with van der Waals surface area (Å²) in [6.07, 6.45) is 1.34. The van der Waals surface area contributed by atoms with Crippen LogP contribution in [0.5, 0.6) is 0 Å². The first-order chi connectivity index (χ1) is 2.41. The van der Waals surface area contributed by atoms with Gasteiger partial charge in [0, 0.05) is 6.08 Å². The number of halogens is 1. The molecule has 0 unspecified atom stereocenters. The Morgan fingerprint density at radius 3 is 2.20 bits per heavy atom. The van der Waals surface area contributed by atoms with E-state index in [1.165, 1.54) is 0 Å². The minimum absolute atomic E-state index is 0.188. The molecule has 0 saturated heterocycles. The van der Waals surface area contributed by atoms with Crippen LogP contribution < -0.4 is 0 Å². The van der Waals surface area contributed by atoms with Crippen LogP contribution in [0.2, 0.25) is 0 Å². The Kier molecular flexibility index (Phi) is 2.90. The highest BCUT2D eigenvalue weighted by Crippen LogP contribution is 1.61. The fraction of sp³-hybridized carbons (Fsp3) is 0. The normalized spacial score (nSPS) is 9.00. The number of rotatable bonds is 1. The van der Waals surface area contributed by atoms with Crippen LogP contribution in [-0.4, -0.2) is 6.29 Å². The summed E-state index contributed by atoms with van der Waals surface area (Å²) in [5, 5.41) is 0. The molecule has 0 aromatic carbocycles. The third-order valence-electron chi connectivity index (χ3n) is 0.151. The van der Waals surface area contributed by atoms with E-state index in [0.29, 0.717) is 6.29 Å². The predicted molar refractivity (Wildman–Crippen MR) is 16.3 cm³/mol. The molecule has 0 aromatic heterocycles. The second-order valence-electron chi connectivity index (χ2n) is 0.455. The van der Waals surface area contributed by atoms with E-state index in [0.717, 1.165) is 6.08 Å². The summed E-state index contributed by atoms with van der Waals surface area (Å²) in [4.78, 5) is 9.08. The maximum absolute atomic E-state index is 10.6. The number of carbonyl (C=O) groups is 1. The molecule has 28 valence electrons. The second-order valence-corrected chi connectivity index (χ2v) is 0.455. The van der Waals surface area contributed by atoms with Gasteiger partial charge in [0.15, 0.2) is 0 Å². The van der Waals surface area contributed by atoms with E-state index in [2.05, 4.69) is 0 Å². The van der Waals surface area contributed by atoms with Crippen molar-refractivity contribution in [2.24, 2.45) is 0 Å². The SMILES string of the molecule is O=C/C=C/F. The number of hydrogen-bond donors (Lipinski definition) is 0. The molecule has 0 atom stereocenters. The third-order valence-corrected chi connectivity index (χ3v) is 0.151. The molecule has 0 radical (unpaired) electrons. The molecule has 0 amide bonds. The Balaban J connectivity index is 2.92. The lowest BCUT2D eigenvalue weighted by Crippen LogP contribution is -1.49. The van der Waals surface area contributed by atoms with Gasteiger partial charge in [-0.15, -0.1) is 0 Å². The number of allylic oxidation sites excluding steroid dienone is 1. The highest BCUT2D eigenvalue weighted by Gasteiger charge is 1.51. The second kappa shape index (κ2) is 3.34. The molecule has 0 aliphatic carbocycles. The zero-order valence-corrected chi connectivity index (χ0v) is 2.52. The van der Waals surface area contributed by atoms with Crippen LogP contribution in [0.25, 0.3) is 0 Å². The van der Waals surface area contributed by atoms with Gasteiger partial charge in [-0.05, 0) is 0 Å². The van der Waals surface area contributed by atoms with E-state index in [1.807, 2.05) is 0 Å². The van der Waals surface area contributed by atoms with E-state index in [1.54, 1.807) is 0 Å². The van der Waals surface area contributed by atoms with Gasteiger partial charge in [-0.1, -0.05) is 0 Å². The molecule has 0 rings (SSSR count). The Labute approximate surface area is 29.1 Å². The summed E-state index contributed by atoms with van der Waals surface area (Å²) < 4.78 is 10.6. The third kappa shape index (κ3) is 3.34. The van der Waals surface area contributed by atoms with Crippen LogP contribution >= 0.6 is 0 Å². The smallest absolute Gasteiger partial charge is 0.145 e. The molecule has 0 aromatic rings. The standard InChI is InChI=1S/C3H3FO/c4-2-1-3-5/h1-3H/b2-1+. The van der Waals surface area contributed by atoms with Gasteiger partial charge < -0.3 is 0 Å². The summed E-state index contributed by atoms with van der Waals surface area (Å²) in [6, 6.07) is 0. The van der Waals surface area contributed by atoms with Gasteiger partial charge in [-0.2, -0.15) is 0 Å². The predicted octanol–water partition coefficient (Wildman–Crippen LogP) is 0.668. The van der Waals surface area contributed by atoms with Crippen LogP contribution in [0.1, 0.15) is 0 Å². The highest BCUT2D eigenvalue weighted by molar-refractivity contribution is 5.63. The summed E-state index contributed by atoms with van der Waals surface area (Å²) in [6.45, 7) is 0. The van der Waals surface area contributed by atoms with Crippen molar-refractivity contribution in [3.05, 3.63) is 12.4 Å². The monoisotopic (exact) mass is 74.0 g/mol. The fourth-order valence-corrected chi connectivity index (χ4v) is 0.0297. The summed E-state index contributed by atoms with van der Waals surface area (Å²) >= 11 is 0. The molecule has 0 aliphatic heterocycles. The molecule has 0 N–H and O–H groups in total. The topological polar surface area (TPSA) is 17.1 Å². The molecule has 5 heavy (non-hydrogen) atoms. The Morgan fingerprint density at radius 1 is 1.60 bits per heavy atom. The first-order valence-electron chi connectivity index (χ1n) is 1.12. The van der Waals surface area contributed by atoms with Crippen molar-refractivity contribution in [3.63, 3.8) is 0 Å². The first kappa shape index (κ1) is 4.34. The summed E-state index contributed by atoms with van der Waals surface area (Å²) in [5.41, 5.74) is 0. The molecular formula is C3H3FO. The van der Waals surface area contributed by atoms with E-state index >= 15 is 0 Å². The van der Waals surface area contributed by atoms with Gasteiger partial charge in [0.1, 0.15) is 6.29 Å². The lowest BCUT2D eigenvalue weighted by Gasteiger charge is -1.48. The first-order valence-corrected chi connectivity index (χ1v) is 1.12. The number of carbonyl (C=O) groups excluding carboxylic acids is 1. The molecule has 0 saturated carbocycles. The van der Waals surface area contributed by atoms with Crippen molar-refractivity contribution < 1.29 is 9.18 Å². The lowest BCUT2D eigenvalue weighted by molar-refractivity contribution is -0.104.